The predicted molar refractivity (Wildman–Crippen MR) is 101 cm³/mol. The molecular formula is C20H22N2O5. The van der Waals surface area contributed by atoms with E-state index >= 15 is 0 Å². The van der Waals surface area contributed by atoms with Crippen molar-refractivity contribution in [1.82, 2.24) is 5.32 Å². The minimum Gasteiger partial charge on any atom is -0.495 e. The third-order valence-electron chi connectivity index (χ3n) is 3.71. The predicted octanol–water partition coefficient (Wildman–Crippen LogP) is 2.30. The molecule has 0 fully saturated rings. The zero-order valence-corrected chi connectivity index (χ0v) is 15.4. The zero-order valence-electron chi connectivity index (χ0n) is 15.4. The Labute approximate surface area is 157 Å². The normalized spacial score (nSPS) is 11.2. The summed E-state index contributed by atoms with van der Waals surface area (Å²) in [5, 5.41) is 5.16. The molecule has 0 heterocycles. The summed E-state index contributed by atoms with van der Waals surface area (Å²) >= 11 is 0. The van der Waals surface area contributed by atoms with Gasteiger partial charge in [-0.05, 0) is 43.7 Å². The number of rotatable bonds is 7. The highest BCUT2D eigenvalue weighted by Crippen LogP contribution is 2.24. The summed E-state index contributed by atoms with van der Waals surface area (Å²) in [7, 11) is 1.50. The van der Waals surface area contributed by atoms with Crippen molar-refractivity contribution in [2.45, 2.75) is 19.9 Å². The van der Waals surface area contributed by atoms with Gasteiger partial charge in [0, 0.05) is 5.56 Å². The number of anilines is 1. The standard InChI is InChI=1S/C20H22N2O5/c1-13-9-10-17(26-3)16(11-13)22-18(23)12-27-20(25)14(2)21-19(24)15-7-5-4-6-8-15/h4-11,14H,12H2,1-3H3,(H,21,24)(H,22,23). The lowest BCUT2D eigenvalue weighted by molar-refractivity contribution is -0.148. The second-order valence-electron chi connectivity index (χ2n) is 5.92. The lowest BCUT2D eigenvalue weighted by atomic mass is 10.2. The van der Waals surface area contributed by atoms with Crippen LogP contribution in [0.3, 0.4) is 0 Å². The van der Waals surface area contributed by atoms with Crippen molar-refractivity contribution < 1.29 is 23.9 Å². The first-order valence-electron chi connectivity index (χ1n) is 8.37. The van der Waals surface area contributed by atoms with E-state index in [0.29, 0.717) is 17.0 Å². The molecule has 1 unspecified atom stereocenters. The van der Waals surface area contributed by atoms with Crippen molar-refractivity contribution >= 4 is 23.5 Å². The van der Waals surface area contributed by atoms with Crippen LogP contribution in [0, 0.1) is 6.92 Å². The summed E-state index contributed by atoms with van der Waals surface area (Å²) in [5.41, 5.74) is 1.87. The molecule has 0 aliphatic carbocycles. The molecule has 7 nitrogen and oxygen atoms in total. The lowest BCUT2D eigenvalue weighted by Gasteiger charge is -2.14. The fourth-order valence-electron chi connectivity index (χ4n) is 2.30. The molecule has 7 heteroatoms. The maximum Gasteiger partial charge on any atom is 0.328 e. The summed E-state index contributed by atoms with van der Waals surface area (Å²) in [6, 6.07) is 13.0. The Balaban J connectivity index is 1.85. The third kappa shape index (κ3) is 5.85. The van der Waals surface area contributed by atoms with Crippen LogP contribution in [-0.2, 0) is 14.3 Å². The van der Waals surface area contributed by atoms with Crippen LogP contribution in [0.4, 0.5) is 5.69 Å². The van der Waals surface area contributed by atoms with Crippen LogP contribution >= 0.6 is 0 Å². The number of hydrogen-bond acceptors (Lipinski definition) is 5. The monoisotopic (exact) mass is 370 g/mol. The van der Waals surface area contributed by atoms with Gasteiger partial charge in [-0.15, -0.1) is 0 Å². The maximum atomic E-state index is 12.0. The van der Waals surface area contributed by atoms with Gasteiger partial charge in [-0.1, -0.05) is 24.3 Å². The van der Waals surface area contributed by atoms with Crippen LogP contribution < -0.4 is 15.4 Å². The number of hydrogen-bond donors (Lipinski definition) is 2. The molecule has 0 aliphatic rings. The molecule has 0 bridgehead atoms. The van der Waals surface area contributed by atoms with Crippen LogP contribution in [0.25, 0.3) is 0 Å². The Morgan fingerprint density at radius 1 is 1.07 bits per heavy atom. The van der Waals surface area contributed by atoms with Gasteiger partial charge in [-0.2, -0.15) is 0 Å². The van der Waals surface area contributed by atoms with Crippen LogP contribution in [-0.4, -0.2) is 37.5 Å². The van der Waals surface area contributed by atoms with Gasteiger partial charge in [0.05, 0.1) is 12.8 Å². The minimum absolute atomic E-state index is 0.394. The van der Waals surface area contributed by atoms with E-state index in [2.05, 4.69) is 10.6 Å². The van der Waals surface area contributed by atoms with Gasteiger partial charge in [-0.25, -0.2) is 4.79 Å². The van der Waals surface area contributed by atoms with Gasteiger partial charge < -0.3 is 20.1 Å². The first-order chi connectivity index (χ1) is 12.9. The molecule has 0 saturated heterocycles. The van der Waals surface area contributed by atoms with E-state index in [1.54, 1.807) is 42.5 Å². The van der Waals surface area contributed by atoms with Crippen LogP contribution in [0.1, 0.15) is 22.8 Å². The Bertz CT molecular complexity index is 820. The summed E-state index contributed by atoms with van der Waals surface area (Å²) < 4.78 is 10.2. The largest absolute Gasteiger partial charge is 0.495 e. The Morgan fingerprint density at radius 2 is 1.78 bits per heavy atom. The highest BCUT2D eigenvalue weighted by molar-refractivity contribution is 5.97. The number of nitrogens with one attached hydrogen (secondary N) is 2. The fourth-order valence-corrected chi connectivity index (χ4v) is 2.30. The van der Waals surface area contributed by atoms with Gasteiger partial charge >= 0.3 is 5.97 Å². The molecule has 2 aromatic carbocycles. The average molecular weight is 370 g/mol. The number of amides is 2. The van der Waals surface area contributed by atoms with Crippen molar-refractivity contribution in [2.24, 2.45) is 0 Å². The van der Waals surface area contributed by atoms with Crippen LogP contribution in [0.15, 0.2) is 48.5 Å². The molecule has 2 aromatic rings. The highest BCUT2D eigenvalue weighted by atomic mass is 16.5. The molecule has 0 aromatic heterocycles. The van der Waals surface area contributed by atoms with Crippen molar-refractivity contribution in [1.29, 1.82) is 0 Å². The zero-order chi connectivity index (χ0) is 19.8. The SMILES string of the molecule is COc1ccc(C)cc1NC(=O)COC(=O)C(C)NC(=O)c1ccccc1. The highest BCUT2D eigenvalue weighted by Gasteiger charge is 2.19. The first kappa shape index (κ1) is 20.0. The molecule has 0 saturated carbocycles. The quantitative estimate of drug-likeness (QED) is 0.730. The van der Waals surface area contributed by atoms with E-state index < -0.39 is 30.4 Å². The second-order valence-corrected chi connectivity index (χ2v) is 5.92. The fraction of sp³-hybridized carbons (Fsp3) is 0.250. The summed E-state index contributed by atoms with van der Waals surface area (Å²) in [4.78, 5) is 36.1. The van der Waals surface area contributed by atoms with Crippen molar-refractivity contribution in [3.8, 4) is 5.75 Å². The molecule has 2 rings (SSSR count). The molecule has 2 amide bonds. The summed E-state index contributed by atoms with van der Waals surface area (Å²) in [5.74, 6) is -1.10. The van der Waals surface area contributed by atoms with Gasteiger partial charge in [-0.3, -0.25) is 9.59 Å². The smallest absolute Gasteiger partial charge is 0.328 e. The van der Waals surface area contributed by atoms with Crippen molar-refractivity contribution in [3.63, 3.8) is 0 Å². The maximum absolute atomic E-state index is 12.0. The van der Waals surface area contributed by atoms with Crippen molar-refractivity contribution in [3.05, 3.63) is 59.7 Å². The molecule has 142 valence electrons. The van der Waals surface area contributed by atoms with E-state index in [1.165, 1.54) is 14.0 Å². The first-order valence-corrected chi connectivity index (χ1v) is 8.37. The summed E-state index contributed by atoms with van der Waals surface area (Å²) in [6.07, 6.45) is 0. The number of esters is 1. The van der Waals surface area contributed by atoms with E-state index in [0.717, 1.165) is 5.56 Å². The van der Waals surface area contributed by atoms with Gasteiger partial charge in [0.1, 0.15) is 11.8 Å². The number of carbonyl (C=O) groups is 3. The molecule has 2 N–H and O–H groups in total. The molecule has 0 radical (unpaired) electrons. The lowest BCUT2D eigenvalue weighted by Crippen LogP contribution is -2.40. The Hall–Kier alpha value is -3.35. The third-order valence-corrected chi connectivity index (χ3v) is 3.71. The van der Waals surface area contributed by atoms with E-state index in [1.807, 2.05) is 13.0 Å². The molecule has 0 aliphatic heterocycles. The number of benzene rings is 2. The van der Waals surface area contributed by atoms with E-state index in [9.17, 15) is 14.4 Å². The Morgan fingerprint density at radius 3 is 2.44 bits per heavy atom. The number of ether oxygens (including phenoxy) is 2. The minimum atomic E-state index is -0.890. The summed E-state index contributed by atoms with van der Waals surface area (Å²) in [6.45, 7) is 2.90. The van der Waals surface area contributed by atoms with Gasteiger partial charge in [0.15, 0.2) is 6.61 Å². The number of carbonyl (C=O) groups excluding carboxylic acids is 3. The van der Waals surface area contributed by atoms with Crippen LogP contribution in [0.5, 0.6) is 5.75 Å². The van der Waals surface area contributed by atoms with E-state index in [4.69, 9.17) is 9.47 Å². The topological polar surface area (TPSA) is 93.7 Å². The second kappa shape index (κ2) is 9.38. The number of aryl methyl sites for hydroxylation is 1. The van der Waals surface area contributed by atoms with Gasteiger partial charge in [0.2, 0.25) is 0 Å². The van der Waals surface area contributed by atoms with Crippen molar-refractivity contribution in [2.75, 3.05) is 19.0 Å². The average Bonchev–Trinajstić information content (AvgIpc) is 2.66. The van der Waals surface area contributed by atoms with Gasteiger partial charge in [0.25, 0.3) is 11.8 Å². The Kier molecular flexibility index (Phi) is 6.93. The van der Waals surface area contributed by atoms with E-state index in [-0.39, 0.29) is 0 Å². The van der Waals surface area contributed by atoms with Crippen LogP contribution in [0.2, 0.25) is 0 Å². The molecule has 0 spiro atoms. The molecule has 27 heavy (non-hydrogen) atoms. The molecule has 1 atom stereocenters. The number of methoxy groups -OCH3 is 1. The molecular weight excluding hydrogens is 348 g/mol.